The summed E-state index contributed by atoms with van der Waals surface area (Å²) in [5, 5.41) is 44.0. The van der Waals surface area contributed by atoms with Gasteiger partial charge in [0, 0.05) is 30.1 Å². The minimum Gasteiger partial charge on any atom is -0.481 e. The largest absolute Gasteiger partial charge is 0.481 e. The Bertz CT molecular complexity index is 1320. The summed E-state index contributed by atoms with van der Waals surface area (Å²) >= 11 is 0. The van der Waals surface area contributed by atoms with Crippen molar-refractivity contribution in [3.63, 3.8) is 0 Å². The van der Waals surface area contributed by atoms with Crippen LogP contribution in [0.5, 0.6) is 0 Å². The summed E-state index contributed by atoms with van der Waals surface area (Å²) < 4.78 is 33.5. The van der Waals surface area contributed by atoms with Gasteiger partial charge in [0.1, 0.15) is 11.9 Å². The van der Waals surface area contributed by atoms with E-state index in [9.17, 15) is 30.0 Å². The van der Waals surface area contributed by atoms with Crippen LogP contribution in [0, 0.1) is 41.4 Å². The molecule has 0 aliphatic carbocycles. The Labute approximate surface area is 317 Å². The lowest BCUT2D eigenvalue weighted by Gasteiger charge is -2.54. The molecule has 0 aromatic heterocycles. The molecule has 0 saturated carbocycles. The number of rotatable bonds is 12. The number of ether oxygens (including phenoxy) is 5. The summed E-state index contributed by atoms with van der Waals surface area (Å²) in [6.45, 7) is 19.6. The first-order chi connectivity index (χ1) is 24.8. The van der Waals surface area contributed by atoms with Gasteiger partial charge < -0.3 is 44.1 Å². The highest BCUT2D eigenvalue weighted by atomic mass is 16.8. The van der Waals surface area contributed by atoms with E-state index in [4.69, 9.17) is 23.7 Å². The smallest absolute Gasteiger partial charge is 0.309 e. The third kappa shape index (κ3) is 7.94. The van der Waals surface area contributed by atoms with Crippen LogP contribution >= 0.6 is 0 Å². The Morgan fingerprint density at radius 1 is 0.887 bits per heavy atom. The number of carbonyl (C=O) groups is 2. The van der Waals surface area contributed by atoms with Gasteiger partial charge in [-0.15, -0.1) is 0 Å². The lowest BCUT2D eigenvalue weighted by molar-refractivity contribution is -0.409. The van der Waals surface area contributed by atoms with Crippen LogP contribution in [0.2, 0.25) is 0 Å². The molecule has 0 aromatic rings. The highest BCUT2D eigenvalue weighted by Gasteiger charge is 2.63. The predicted octanol–water partition coefficient (Wildman–Crippen LogP) is 6.19. The van der Waals surface area contributed by atoms with Crippen molar-refractivity contribution in [3.8, 4) is 0 Å². The van der Waals surface area contributed by atoms with Crippen LogP contribution in [0.3, 0.4) is 0 Å². The second-order valence-corrected chi connectivity index (χ2v) is 17.9. The highest BCUT2D eigenvalue weighted by molar-refractivity contribution is 5.84. The van der Waals surface area contributed by atoms with E-state index in [0.29, 0.717) is 57.8 Å². The Morgan fingerprint density at radius 3 is 2.17 bits per heavy atom. The molecule has 0 radical (unpaired) electrons. The molecule has 11 heteroatoms. The second-order valence-electron chi connectivity index (χ2n) is 17.9. The summed E-state index contributed by atoms with van der Waals surface area (Å²) in [6, 6.07) is 0. The van der Waals surface area contributed by atoms with Crippen molar-refractivity contribution >= 4 is 11.8 Å². The van der Waals surface area contributed by atoms with Crippen molar-refractivity contribution in [1.29, 1.82) is 0 Å². The third-order valence-corrected chi connectivity index (χ3v) is 14.4. The highest BCUT2D eigenvalue weighted by Crippen LogP contribution is 2.54. The van der Waals surface area contributed by atoms with Crippen molar-refractivity contribution in [1.82, 2.24) is 0 Å². The van der Waals surface area contributed by atoms with Crippen LogP contribution < -0.4 is 0 Å². The van der Waals surface area contributed by atoms with E-state index >= 15 is 0 Å². The maximum Gasteiger partial charge on any atom is 0.309 e. The Hall–Kier alpha value is -1.44. The number of carboxylic acid groups (broad SMARTS) is 1. The van der Waals surface area contributed by atoms with Crippen LogP contribution in [-0.4, -0.2) is 97.7 Å². The number of hydrogen-bond donors (Lipinski definition) is 4. The molecule has 304 valence electrons. The van der Waals surface area contributed by atoms with Crippen molar-refractivity contribution in [2.75, 3.05) is 0 Å². The van der Waals surface area contributed by atoms with Gasteiger partial charge >= 0.3 is 5.97 Å². The van der Waals surface area contributed by atoms with E-state index in [1.807, 2.05) is 41.5 Å². The van der Waals surface area contributed by atoms with Crippen molar-refractivity contribution in [2.45, 2.75) is 199 Å². The van der Waals surface area contributed by atoms with Crippen molar-refractivity contribution in [2.24, 2.45) is 41.4 Å². The van der Waals surface area contributed by atoms with Gasteiger partial charge in [-0.05, 0) is 95.6 Å². The van der Waals surface area contributed by atoms with Crippen LogP contribution in [0.25, 0.3) is 0 Å². The number of aliphatic hydroxyl groups is 3. The summed E-state index contributed by atoms with van der Waals surface area (Å²) in [5.41, 5.74) is -1.63. The molecule has 5 aliphatic heterocycles. The quantitative estimate of drug-likeness (QED) is 0.169. The van der Waals surface area contributed by atoms with Crippen molar-refractivity contribution < 1.29 is 53.7 Å². The van der Waals surface area contributed by atoms with E-state index in [1.54, 1.807) is 19.1 Å². The lowest BCUT2D eigenvalue weighted by Crippen LogP contribution is -2.63. The number of ketones is 1. The van der Waals surface area contributed by atoms with Gasteiger partial charge in [0.05, 0.1) is 53.7 Å². The first-order valence-corrected chi connectivity index (χ1v) is 20.7. The molecule has 5 aliphatic rings. The number of aliphatic hydroxyl groups excluding tert-OH is 2. The Kier molecular flexibility index (Phi) is 13.0. The van der Waals surface area contributed by atoms with Crippen LogP contribution in [-0.2, 0) is 33.3 Å². The SMILES string of the molecule is CC[C@@H](C(=O)[C@@H](C)C(O)[C@H](C)[C@@H]1O[C@@H]([C@@H](CC)C(=O)O)CC[C@@H]1C)[C@H]1O[C@]2(C=C[C@@H](O)[C@]3(CC[C@@](C)([C@H]4CC[C@](O)(CC)[C@H](C)O4)O3)O2)[C@H](C)C[C@@H]1C. The van der Waals surface area contributed by atoms with E-state index in [1.165, 1.54) is 0 Å². The first kappa shape index (κ1) is 42.7. The maximum atomic E-state index is 14.4. The molecule has 11 nitrogen and oxygen atoms in total. The van der Waals surface area contributed by atoms with Gasteiger partial charge in [0.25, 0.3) is 0 Å². The third-order valence-electron chi connectivity index (χ3n) is 14.4. The summed E-state index contributed by atoms with van der Waals surface area (Å²) in [7, 11) is 0. The number of Topliss-reactive ketones (excluding diaryl/α,β-unsaturated/α-hetero) is 1. The molecular formula is C42H70O11. The topological polar surface area (TPSA) is 161 Å². The zero-order valence-corrected chi connectivity index (χ0v) is 34.0. The van der Waals surface area contributed by atoms with Gasteiger partial charge in [-0.1, -0.05) is 55.4 Å². The number of hydrogen-bond acceptors (Lipinski definition) is 10. The van der Waals surface area contributed by atoms with E-state index in [0.717, 1.165) is 6.42 Å². The fourth-order valence-corrected chi connectivity index (χ4v) is 10.5. The fourth-order valence-electron chi connectivity index (χ4n) is 10.5. The molecule has 18 atom stereocenters. The molecule has 2 spiro atoms. The molecule has 5 rings (SSSR count). The molecule has 0 bridgehead atoms. The normalized spacial score (nSPS) is 46.2. The molecular weight excluding hydrogens is 680 g/mol. The molecule has 4 N–H and O–H groups in total. The molecule has 0 amide bonds. The van der Waals surface area contributed by atoms with Gasteiger partial charge in [-0.25, -0.2) is 0 Å². The van der Waals surface area contributed by atoms with Crippen LogP contribution in [0.4, 0.5) is 0 Å². The standard InChI is InChI=1S/C42H70O11/c1-11-29(38(46)47)31-15-14-23(4)36(50-31)27(8)34(44)26(7)35(45)30(12-2)37-24(5)22-25(6)41(51-37)19-16-32(43)42(53-41)21-20-39(10,52-42)33-17-18-40(48,13-3)28(9)49-33/h16,19,23-34,36-37,43-44,48H,11-15,17-18,20-22H2,1-10H3,(H,46,47)/t23-,24-,25+,26-,27-,28-,29+,30-,31+,32+,33+,34?,36+,37-,39-,40+,41-,42-/m0/s1. The molecule has 4 saturated heterocycles. The summed E-state index contributed by atoms with van der Waals surface area (Å²) in [6.07, 6.45) is 5.51. The van der Waals surface area contributed by atoms with Crippen LogP contribution in [0.15, 0.2) is 12.2 Å². The van der Waals surface area contributed by atoms with E-state index in [2.05, 4.69) is 20.8 Å². The number of aliphatic carboxylic acids is 1. The van der Waals surface area contributed by atoms with Gasteiger partial charge in [-0.3, -0.25) is 9.59 Å². The van der Waals surface area contributed by atoms with E-state index in [-0.39, 0.29) is 41.8 Å². The minimum absolute atomic E-state index is 0.0137. The monoisotopic (exact) mass is 750 g/mol. The molecule has 53 heavy (non-hydrogen) atoms. The molecule has 0 aromatic carbocycles. The number of carboxylic acids is 1. The zero-order valence-electron chi connectivity index (χ0n) is 34.0. The molecule has 1 unspecified atom stereocenters. The average Bonchev–Trinajstić information content (AvgIpc) is 3.47. The summed E-state index contributed by atoms with van der Waals surface area (Å²) in [5.74, 6) is -5.78. The number of carbonyl (C=O) groups excluding carboxylic acids is 1. The van der Waals surface area contributed by atoms with Gasteiger partial charge in [0.2, 0.25) is 5.79 Å². The zero-order chi connectivity index (χ0) is 39.3. The molecule has 5 heterocycles. The lowest BCUT2D eigenvalue weighted by atomic mass is 9.72. The summed E-state index contributed by atoms with van der Waals surface area (Å²) in [4.78, 5) is 26.4. The Morgan fingerprint density at radius 2 is 1.57 bits per heavy atom. The first-order valence-electron chi connectivity index (χ1n) is 20.7. The molecule has 4 fully saturated rings. The van der Waals surface area contributed by atoms with Crippen LogP contribution in [0.1, 0.15) is 133 Å². The van der Waals surface area contributed by atoms with Crippen molar-refractivity contribution in [3.05, 3.63) is 12.2 Å². The average molecular weight is 751 g/mol. The second kappa shape index (κ2) is 16.2. The Balaban J connectivity index is 1.31. The minimum atomic E-state index is -1.37. The van der Waals surface area contributed by atoms with E-state index < -0.39 is 76.8 Å². The van der Waals surface area contributed by atoms with Gasteiger partial charge in [0.15, 0.2) is 5.79 Å². The maximum absolute atomic E-state index is 14.4. The predicted molar refractivity (Wildman–Crippen MR) is 199 cm³/mol. The fraction of sp³-hybridized carbons (Fsp3) is 0.905. The van der Waals surface area contributed by atoms with Gasteiger partial charge in [-0.2, -0.15) is 0 Å².